The molecule has 2 aromatic carbocycles. The fraction of sp³-hybridized carbons (Fsp3) is 0.261. The summed E-state index contributed by atoms with van der Waals surface area (Å²) in [5, 5.41) is 2.52. The summed E-state index contributed by atoms with van der Waals surface area (Å²) >= 11 is 0.935. The number of amides is 3. The largest absolute Gasteiger partial charge is 0.354 e. The minimum Gasteiger partial charge on any atom is -0.354 e. The highest BCUT2D eigenvalue weighted by Crippen LogP contribution is 2.31. The second kappa shape index (κ2) is 8.66. The van der Waals surface area contributed by atoms with Crippen molar-refractivity contribution in [3.63, 3.8) is 0 Å². The van der Waals surface area contributed by atoms with Gasteiger partial charge in [-0.15, -0.1) is 0 Å². The Morgan fingerprint density at radius 3 is 2.69 bits per heavy atom. The lowest BCUT2D eigenvalue weighted by atomic mass is 10.0. The quantitative estimate of drug-likeness (QED) is 0.745. The number of imide groups is 1. The van der Waals surface area contributed by atoms with Crippen molar-refractivity contribution in [3.05, 3.63) is 75.7 Å². The van der Waals surface area contributed by atoms with Crippen LogP contribution in [0.5, 0.6) is 0 Å². The zero-order valence-corrected chi connectivity index (χ0v) is 16.8. The van der Waals surface area contributed by atoms with E-state index in [-0.39, 0.29) is 30.1 Å². The van der Waals surface area contributed by atoms with Crippen LogP contribution in [0.1, 0.15) is 28.7 Å². The summed E-state index contributed by atoms with van der Waals surface area (Å²) in [6.45, 7) is 0.424. The first-order valence-corrected chi connectivity index (χ1v) is 10.6. The van der Waals surface area contributed by atoms with E-state index in [9.17, 15) is 14.4 Å². The van der Waals surface area contributed by atoms with E-state index < -0.39 is 0 Å². The molecule has 0 bridgehead atoms. The van der Waals surface area contributed by atoms with Gasteiger partial charge in [0, 0.05) is 13.1 Å². The van der Waals surface area contributed by atoms with Gasteiger partial charge in [-0.1, -0.05) is 48.5 Å². The highest BCUT2D eigenvalue weighted by Gasteiger charge is 2.34. The summed E-state index contributed by atoms with van der Waals surface area (Å²) in [7, 11) is 0. The van der Waals surface area contributed by atoms with E-state index in [0.717, 1.165) is 35.7 Å². The highest BCUT2D eigenvalue weighted by atomic mass is 32.2. The van der Waals surface area contributed by atoms with Crippen LogP contribution >= 0.6 is 11.8 Å². The van der Waals surface area contributed by atoms with E-state index in [0.29, 0.717) is 11.3 Å². The summed E-state index contributed by atoms with van der Waals surface area (Å²) in [4.78, 5) is 38.5. The molecule has 0 spiro atoms. The molecule has 148 valence electrons. The average molecular weight is 407 g/mol. The van der Waals surface area contributed by atoms with Gasteiger partial charge in [0.1, 0.15) is 0 Å². The predicted molar refractivity (Wildman–Crippen MR) is 114 cm³/mol. The number of carbonyl (C=O) groups excluding carboxylic acids is 3. The summed E-state index contributed by atoms with van der Waals surface area (Å²) < 4.78 is 0. The molecule has 3 amide bonds. The van der Waals surface area contributed by atoms with Crippen LogP contribution in [0.2, 0.25) is 0 Å². The van der Waals surface area contributed by atoms with Crippen molar-refractivity contribution in [3.8, 4) is 0 Å². The highest BCUT2D eigenvalue weighted by molar-refractivity contribution is 8.18. The molecule has 2 aliphatic rings. The molecule has 1 N–H and O–H groups in total. The second-order valence-electron chi connectivity index (χ2n) is 7.23. The molecule has 0 radical (unpaired) electrons. The van der Waals surface area contributed by atoms with Crippen LogP contribution in [0.15, 0.2) is 53.4 Å². The maximum absolute atomic E-state index is 12.5. The van der Waals surface area contributed by atoms with Gasteiger partial charge in [0.05, 0.1) is 11.3 Å². The first-order valence-electron chi connectivity index (χ1n) is 9.78. The molecule has 0 aromatic heterocycles. The Labute approximate surface area is 174 Å². The molecule has 0 atom stereocenters. The molecular formula is C23H22N2O3S. The van der Waals surface area contributed by atoms with Crippen molar-refractivity contribution in [2.75, 3.05) is 13.1 Å². The molecule has 1 saturated heterocycles. The number of hydrogen-bond donors (Lipinski definition) is 1. The minimum atomic E-state index is -0.309. The Morgan fingerprint density at radius 1 is 1.07 bits per heavy atom. The third-order valence-electron chi connectivity index (χ3n) is 5.16. The molecule has 1 aliphatic carbocycles. The topological polar surface area (TPSA) is 66.5 Å². The van der Waals surface area contributed by atoms with Crippen molar-refractivity contribution < 1.29 is 14.4 Å². The Kier molecular flexibility index (Phi) is 5.81. The molecular weight excluding hydrogens is 384 g/mol. The van der Waals surface area contributed by atoms with Gasteiger partial charge in [0.2, 0.25) is 5.91 Å². The number of fused-ring (bicyclic) bond motifs is 1. The van der Waals surface area contributed by atoms with Gasteiger partial charge in [-0.2, -0.15) is 0 Å². The van der Waals surface area contributed by atoms with Crippen LogP contribution in [0.3, 0.4) is 0 Å². The smallest absolute Gasteiger partial charge is 0.293 e. The summed E-state index contributed by atoms with van der Waals surface area (Å²) in [5.41, 5.74) is 4.61. The number of hydrogen-bond acceptors (Lipinski definition) is 4. The van der Waals surface area contributed by atoms with Crippen LogP contribution in [0.4, 0.5) is 4.79 Å². The number of nitrogens with zero attached hydrogens (tertiary/aromatic N) is 1. The Hall–Kier alpha value is -2.86. The molecule has 4 rings (SSSR count). The van der Waals surface area contributed by atoms with Gasteiger partial charge in [0.25, 0.3) is 11.1 Å². The molecule has 1 fully saturated rings. The lowest BCUT2D eigenvalue weighted by molar-refractivity contribution is -0.124. The number of rotatable bonds is 6. The maximum Gasteiger partial charge on any atom is 0.293 e. The van der Waals surface area contributed by atoms with Gasteiger partial charge in [-0.05, 0) is 59.4 Å². The number of thioether (sulfide) groups is 1. The minimum absolute atomic E-state index is 0.102. The Balaban J connectivity index is 1.29. The number of nitrogens with one attached hydrogen (secondary N) is 1. The molecule has 29 heavy (non-hydrogen) atoms. The summed E-state index contributed by atoms with van der Waals surface area (Å²) in [6, 6.07) is 15.7. The molecule has 6 heteroatoms. The van der Waals surface area contributed by atoms with E-state index in [1.807, 2.05) is 36.4 Å². The normalized spacial score (nSPS) is 17.1. The van der Waals surface area contributed by atoms with Crippen molar-refractivity contribution >= 4 is 34.9 Å². The summed E-state index contributed by atoms with van der Waals surface area (Å²) in [6.07, 6.45) is 5.42. The van der Waals surface area contributed by atoms with Crippen LogP contribution in [-0.2, 0) is 28.9 Å². The standard InChI is InChI=1S/C23H22N2O3S/c26-21(15-17-9-10-18-7-4-8-19(18)13-17)24-11-12-25-22(27)20(29-23(25)28)14-16-5-2-1-3-6-16/h1-3,5-6,9-10,13-14H,4,7-8,11-12,15H2,(H,24,26)/b20-14-. The van der Waals surface area contributed by atoms with Crippen LogP contribution in [-0.4, -0.2) is 35.0 Å². The first-order chi connectivity index (χ1) is 14.1. The predicted octanol–water partition coefficient (Wildman–Crippen LogP) is 3.57. The average Bonchev–Trinajstić information content (AvgIpc) is 3.28. The van der Waals surface area contributed by atoms with Crippen LogP contribution in [0.25, 0.3) is 6.08 Å². The maximum atomic E-state index is 12.5. The van der Waals surface area contributed by atoms with Gasteiger partial charge in [-0.25, -0.2) is 0 Å². The summed E-state index contributed by atoms with van der Waals surface area (Å²) in [5.74, 6) is -0.411. The Morgan fingerprint density at radius 2 is 1.86 bits per heavy atom. The zero-order valence-electron chi connectivity index (χ0n) is 16.0. The van der Waals surface area contributed by atoms with Gasteiger partial charge >= 0.3 is 0 Å². The molecule has 0 saturated carbocycles. The van der Waals surface area contributed by atoms with Gasteiger partial charge < -0.3 is 5.32 Å². The lowest BCUT2D eigenvalue weighted by Crippen LogP contribution is -2.37. The van der Waals surface area contributed by atoms with E-state index >= 15 is 0 Å². The van der Waals surface area contributed by atoms with E-state index in [1.54, 1.807) is 6.08 Å². The fourth-order valence-electron chi connectivity index (χ4n) is 3.68. The van der Waals surface area contributed by atoms with E-state index in [2.05, 4.69) is 17.4 Å². The van der Waals surface area contributed by atoms with Crippen molar-refractivity contribution in [2.45, 2.75) is 25.7 Å². The molecule has 5 nitrogen and oxygen atoms in total. The SMILES string of the molecule is O=C(Cc1ccc2c(c1)CCC2)NCCN1C(=O)S/C(=C\c2ccccc2)C1=O. The van der Waals surface area contributed by atoms with Crippen molar-refractivity contribution in [1.82, 2.24) is 10.2 Å². The van der Waals surface area contributed by atoms with E-state index in [1.165, 1.54) is 22.4 Å². The number of benzene rings is 2. The zero-order chi connectivity index (χ0) is 20.2. The Bertz CT molecular complexity index is 985. The first kappa shape index (κ1) is 19.5. The van der Waals surface area contributed by atoms with E-state index in [4.69, 9.17) is 0 Å². The number of aryl methyl sites for hydroxylation is 2. The molecule has 0 unspecified atom stereocenters. The molecule has 1 heterocycles. The number of carbonyl (C=O) groups is 3. The van der Waals surface area contributed by atoms with Gasteiger partial charge in [0.15, 0.2) is 0 Å². The van der Waals surface area contributed by atoms with Crippen LogP contribution < -0.4 is 5.32 Å². The second-order valence-corrected chi connectivity index (χ2v) is 8.22. The van der Waals surface area contributed by atoms with Crippen LogP contribution in [0, 0.1) is 0 Å². The molecule has 1 aliphatic heterocycles. The van der Waals surface area contributed by atoms with Crippen molar-refractivity contribution in [2.24, 2.45) is 0 Å². The fourth-order valence-corrected chi connectivity index (χ4v) is 4.55. The monoisotopic (exact) mass is 406 g/mol. The molecule has 2 aromatic rings. The lowest BCUT2D eigenvalue weighted by Gasteiger charge is -2.13. The van der Waals surface area contributed by atoms with Gasteiger partial charge in [-0.3, -0.25) is 19.3 Å². The third kappa shape index (κ3) is 4.59. The third-order valence-corrected chi connectivity index (χ3v) is 6.06. The van der Waals surface area contributed by atoms with Crippen molar-refractivity contribution in [1.29, 1.82) is 0 Å².